The Kier molecular flexibility index (Phi) is 5.43. The van der Waals surface area contributed by atoms with Crippen molar-refractivity contribution in [1.82, 2.24) is 4.31 Å². The molecule has 1 aromatic rings. The Hall–Kier alpha value is -2.19. The van der Waals surface area contributed by atoms with Gasteiger partial charge in [0.1, 0.15) is 0 Å². The minimum atomic E-state index is -3.57. The number of amides is 1. The van der Waals surface area contributed by atoms with Crippen molar-refractivity contribution >= 4 is 27.6 Å². The molecule has 8 heteroatoms. The molecular formula is C18H22N2O5S. The molecule has 1 aliphatic heterocycles. The zero-order chi connectivity index (χ0) is 18.7. The molecule has 2 aliphatic rings. The third-order valence-electron chi connectivity index (χ3n) is 4.89. The summed E-state index contributed by atoms with van der Waals surface area (Å²) in [7, 11) is -3.57. The number of carboxylic acids is 1. The van der Waals surface area contributed by atoms with Gasteiger partial charge in [0.25, 0.3) is 0 Å². The first-order valence-corrected chi connectivity index (χ1v) is 10.1. The first-order valence-electron chi connectivity index (χ1n) is 8.68. The lowest BCUT2D eigenvalue weighted by molar-refractivity contribution is -0.146. The summed E-state index contributed by atoms with van der Waals surface area (Å²) in [5, 5.41) is 12.0. The zero-order valence-electron chi connectivity index (χ0n) is 14.3. The number of hydrogen-bond donors (Lipinski definition) is 2. The average molecular weight is 378 g/mol. The van der Waals surface area contributed by atoms with Gasteiger partial charge in [-0.25, -0.2) is 8.42 Å². The van der Waals surface area contributed by atoms with Gasteiger partial charge in [0.2, 0.25) is 15.9 Å². The van der Waals surface area contributed by atoms with E-state index >= 15 is 0 Å². The van der Waals surface area contributed by atoms with Crippen molar-refractivity contribution in [3.05, 3.63) is 36.4 Å². The minimum absolute atomic E-state index is 0.135. The largest absolute Gasteiger partial charge is 0.481 e. The number of rotatable bonds is 5. The second-order valence-electron chi connectivity index (χ2n) is 6.62. The lowest BCUT2D eigenvalue weighted by atomic mass is 9.82. The third-order valence-corrected chi connectivity index (χ3v) is 6.79. The number of sulfonamides is 1. The smallest absolute Gasteiger partial charge is 0.307 e. The second kappa shape index (κ2) is 7.59. The molecule has 2 atom stereocenters. The van der Waals surface area contributed by atoms with E-state index in [0.29, 0.717) is 31.6 Å². The van der Waals surface area contributed by atoms with Crippen LogP contribution in [-0.2, 0) is 19.6 Å². The minimum Gasteiger partial charge on any atom is -0.481 e. The number of carbonyl (C=O) groups excluding carboxylic acids is 1. The molecule has 1 amide bonds. The van der Waals surface area contributed by atoms with Crippen molar-refractivity contribution in [3.63, 3.8) is 0 Å². The van der Waals surface area contributed by atoms with Gasteiger partial charge >= 0.3 is 5.97 Å². The van der Waals surface area contributed by atoms with Gasteiger partial charge in [-0.15, -0.1) is 0 Å². The number of nitrogens with zero attached hydrogens (tertiary/aromatic N) is 1. The van der Waals surface area contributed by atoms with Crippen LogP contribution >= 0.6 is 0 Å². The van der Waals surface area contributed by atoms with Crippen LogP contribution in [0.3, 0.4) is 0 Å². The van der Waals surface area contributed by atoms with E-state index in [9.17, 15) is 23.1 Å². The van der Waals surface area contributed by atoms with Crippen molar-refractivity contribution in [2.24, 2.45) is 11.8 Å². The fourth-order valence-corrected chi connectivity index (χ4v) is 4.99. The third kappa shape index (κ3) is 3.81. The summed E-state index contributed by atoms with van der Waals surface area (Å²) in [5.41, 5.74) is 0.356. The monoisotopic (exact) mass is 378 g/mol. The summed E-state index contributed by atoms with van der Waals surface area (Å²) in [4.78, 5) is 24.0. The molecule has 0 radical (unpaired) electrons. The predicted octanol–water partition coefficient (Wildman–Crippen LogP) is 2.08. The highest BCUT2D eigenvalue weighted by Crippen LogP contribution is 2.28. The summed E-state index contributed by atoms with van der Waals surface area (Å²) < 4.78 is 26.7. The molecule has 1 fully saturated rings. The van der Waals surface area contributed by atoms with Crippen LogP contribution in [0.25, 0.3) is 0 Å². The molecule has 0 spiro atoms. The van der Waals surface area contributed by atoms with Crippen molar-refractivity contribution in [3.8, 4) is 0 Å². The first-order chi connectivity index (χ1) is 12.4. The second-order valence-corrected chi connectivity index (χ2v) is 8.56. The van der Waals surface area contributed by atoms with Gasteiger partial charge in [-0.05, 0) is 43.9 Å². The molecule has 0 aromatic heterocycles. The summed E-state index contributed by atoms with van der Waals surface area (Å²) in [6.07, 6.45) is 5.94. The Bertz CT molecular complexity index is 828. The van der Waals surface area contributed by atoms with E-state index in [1.54, 1.807) is 24.3 Å². The van der Waals surface area contributed by atoms with Crippen LogP contribution in [0, 0.1) is 11.8 Å². The topological polar surface area (TPSA) is 104 Å². The van der Waals surface area contributed by atoms with E-state index in [-0.39, 0.29) is 4.90 Å². The van der Waals surface area contributed by atoms with Gasteiger partial charge in [0.15, 0.2) is 0 Å². The highest BCUT2D eigenvalue weighted by Gasteiger charge is 2.34. The normalized spacial score (nSPS) is 23.7. The molecule has 26 heavy (non-hydrogen) atoms. The first kappa shape index (κ1) is 18.6. The maximum Gasteiger partial charge on any atom is 0.307 e. The fourth-order valence-electron chi connectivity index (χ4n) is 3.42. The lowest BCUT2D eigenvalue weighted by Crippen LogP contribution is -2.34. The van der Waals surface area contributed by atoms with Gasteiger partial charge in [-0.3, -0.25) is 9.59 Å². The van der Waals surface area contributed by atoms with Gasteiger partial charge in [-0.1, -0.05) is 18.2 Å². The van der Waals surface area contributed by atoms with Crippen molar-refractivity contribution < 1.29 is 23.1 Å². The molecule has 0 saturated carbocycles. The summed E-state index contributed by atoms with van der Waals surface area (Å²) in [6.45, 7) is 1.02. The molecule has 7 nitrogen and oxygen atoms in total. The molecule has 3 rings (SSSR count). The van der Waals surface area contributed by atoms with Gasteiger partial charge in [0, 0.05) is 18.8 Å². The Morgan fingerprint density at radius 2 is 1.73 bits per heavy atom. The number of benzene rings is 1. The number of hydrogen-bond acceptors (Lipinski definition) is 4. The summed E-state index contributed by atoms with van der Waals surface area (Å²) >= 11 is 0. The SMILES string of the molecule is O=C(Nc1cccc(S(=O)(=O)N2CCCC2)c1)[C@H]1CC=CC[C@H]1C(=O)O. The molecule has 2 N–H and O–H groups in total. The molecule has 1 saturated heterocycles. The van der Waals surface area contributed by atoms with Gasteiger partial charge in [0.05, 0.1) is 16.7 Å². The van der Waals surface area contributed by atoms with Crippen LogP contribution in [0.5, 0.6) is 0 Å². The summed E-state index contributed by atoms with van der Waals surface area (Å²) in [5.74, 6) is -2.84. The van der Waals surface area contributed by atoms with Crippen LogP contribution in [0.4, 0.5) is 5.69 Å². The lowest BCUT2D eigenvalue weighted by Gasteiger charge is -2.24. The van der Waals surface area contributed by atoms with Gasteiger partial charge in [-0.2, -0.15) is 4.31 Å². The molecule has 1 heterocycles. The van der Waals surface area contributed by atoms with E-state index < -0.39 is 33.7 Å². The van der Waals surface area contributed by atoms with Gasteiger partial charge < -0.3 is 10.4 Å². The van der Waals surface area contributed by atoms with E-state index in [2.05, 4.69) is 5.32 Å². The number of nitrogens with one attached hydrogen (secondary N) is 1. The zero-order valence-corrected chi connectivity index (χ0v) is 15.1. The maximum absolute atomic E-state index is 12.6. The van der Waals surface area contributed by atoms with Crippen LogP contribution in [0.2, 0.25) is 0 Å². The van der Waals surface area contributed by atoms with Crippen LogP contribution < -0.4 is 5.32 Å². The number of carbonyl (C=O) groups is 2. The van der Waals surface area contributed by atoms with E-state index in [1.165, 1.54) is 16.4 Å². The maximum atomic E-state index is 12.6. The van der Waals surface area contributed by atoms with Crippen LogP contribution in [0.15, 0.2) is 41.3 Å². The summed E-state index contributed by atoms with van der Waals surface area (Å²) in [6, 6.07) is 6.12. The molecule has 140 valence electrons. The predicted molar refractivity (Wildman–Crippen MR) is 96.1 cm³/mol. The highest BCUT2D eigenvalue weighted by atomic mass is 32.2. The molecule has 1 aromatic carbocycles. The number of aliphatic carboxylic acids is 1. The Balaban J connectivity index is 1.77. The number of anilines is 1. The molecule has 0 unspecified atom stereocenters. The Morgan fingerprint density at radius 1 is 1.08 bits per heavy atom. The molecule has 1 aliphatic carbocycles. The number of allylic oxidation sites excluding steroid dienone is 2. The van der Waals surface area contributed by atoms with Crippen LogP contribution in [-0.4, -0.2) is 42.8 Å². The molecule has 0 bridgehead atoms. The van der Waals surface area contributed by atoms with E-state index in [0.717, 1.165) is 12.8 Å². The van der Waals surface area contributed by atoms with E-state index in [4.69, 9.17) is 0 Å². The average Bonchev–Trinajstić information content (AvgIpc) is 3.17. The Labute approximate surface area is 152 Å². The Morgan fingerprint density at radius 3 is 2.38 bits per heavy atom. The highest BCUT2D eigenvalue weighted by molar-refractivity contribution is 7.89. The van der Waals surface area contributed by atoms with E-state index in [1.807, 2.05) is 0 Å². The molecular weight excluding hydrogens is 356 g/mol. The quantitative estimate of drug-likeness (QED) is 0.764. The van der Waals surface area contributed by atoms with Crippen molar-refractivity contribution in [1.29, 1.82) is 0 Å². The number of carboxylic acid groups (broad SMARTS) is 1. The fraction of sp³-hybridized carbons (Fsp3) is 0.444. The van der Waals surface area contributed by atoms with Crippen molar-refractivity contribution in [2.45, 2.75) is 30.6 Å². The van der Waals surface area contributed by atoms with Crippen LogP contribution in [0.1, 0.15) is 25.7 Å². The standard InChI is InChI=1S/C18H22N2O5S/c21-17(15-8-1-2-9-16(15)18(22)23)19-13-6-5-7-14(12-13)26(24,25)20-10-3-4-11-20/h1-2,5-7,12,15-16H,3-4,8-11H2,(H,19,21)(H,22,23)/t15-,16+/m0/s1. The van der Waals surface area contributed by atoms with Crippen molar-refractivity contribution in [2.75, 3.05) is 18.4 Å².